The maximum Gasteiger partial charge on any atom is 0.242 e. The third kappa shape index (κ3) is 8.15. The molecule has 0 saturated heterocycles. The van der Waals surface area contributed by atoms with Crippen LogP contribution in [-0.2, 0) is 21.9 Å². The van der Waals surface area contributed by atoms with Gasteiger partial charge in [-0.15, -0.1) is 11.8 Å². The highest BCUT2D eigenvalue weighted by molar-refractivity contribution is 9.10. The standard InChI is InChI=1S/C24H31BrN2O2S/c1-17(2)13-26-24(29)19(4)27(14-20-7-5-18(3)6-8-20)23(28)16-30-15-21-9-11-22(25)12-10-21/h5-12,17,19H,13-16H2,1-4H3,(H,26,29). The molecule has 0 aromatic heterocycles. The van der Waals surface area contributed by atoms with Crippen LogP contribution in [0.4, 0.5) is 0 Å². The Morgan fingerprint density at radius 3 is 2.20 bits per heavy atom. The van der Waals surface area contributed by atoms with E-state index in [9.17, 15) is 9.59 Å². The van der Waals surface area contributed by atoms with Crippen molar-refractivity contribution in [2.24, 2.45) is 5.92 Å². The van der Waals surface area contributed by atoms with E-state index in [1.54, 1.807) is 23.6 Å². The van der Waals surface area contributed by atoms with E-state index >= 15 is 0 Å². The lowest BCUT2D eigenvalue weighted by molar-refractivity contribution is -0.138. The predicted octanol–water partition coefficient (Wildman–Crippen LogP) is 5.18. The Hall–Kier alpha value is -1.79. The minimum absolute atomic E-state index is 0.0233. The smallest absolute Gasteiger partial charge is 0.242 e. The van der Waals surface area contributed by atoms with E-state index in [1.807, 2.05) is 55.5 Å². The van der Waals surface area contributed by atoms with Crippen LogP contribution < -0.4 is 5.32 Å². The second-order valence-electron chi connectivity index (χ2n) is 7.94. The minimum atomic E-state index is -0.522. The van der Waals surface area contributed by atoms with Crippen molar-refractivity contribution in [3.8, 4) is 0 Å². The van der Waals surface area contributed by atoms with Crippen molar-refractivity contribution in [1.82, 2.24) is 10.2 Å². The molecule has 4 nitrogen and oxygen atoms in total. The van der Waals surface area contributed by atoms with Crippen LogP contribution in [0.25, 0.3) is 0 Å². The topological polar surface area (TPSA) is 49.4 Å². The molecule has 1 N–H and O–H groups in total. The van der Waals surface area contributed by atoms with E-state index in [1.165, 1.54) is 11.1 Å². The SMILES string of the molecule is Cc1ccc(CN(C(=O)CSCc2ccc(Br)cc2)C(C)C(=O)NCC(C)C)cc1. The molecule has 30 heavy (non-hydrogen) atoms. The highest BCUT2D eigenvalue weighted by atomic mass is 79.9. The van der Waals surface area contributed by atoms with Crippen molar-refractivity contribution in [1.29, 1.82) is 0 Å². The first-order valence-corrected chi connectivity index (χ1v) is 12.2. The Bertz CT molecular complexity index is 822. The second-order valence-corrected chi connectivity index (χ2v) is 9.84. The van der Waals surface area contributed by atoms with Crippen molar-refractivity contribution < 1.29 is 9.59 Å². The number of halogens is 1. The van der Waals surface area contributed by atoms with Gasteiger partial charge in [-0.05, 0) is 43.0 Å². The first-order valence-electron chi connectivity index (χ1n) is 10.2. The fraction of sp³-hybridized carbons (Fsp3) is 0.417. The molecular formula is C24H31BrN2O2S. The number of carbonyl (C=O) groups is 2. The Labute approximate surface area is 192 Å². The number of thioether (sulfide) groups is 1. The van der Waals surface area contributed by atoms with Crippen molar-refractivity contribution in [3.63, 3.8) is 0 Å². The van der Waals surface area contributed by atoms with Gasteiger partial charge in [0.05, 0.1) is 5.75 Å². The molecule has 1 atom stereocenters. The van der Waals surface area contributed by atoms with Gasteiger partial charge >= 0.3 is 0 Å². The molecule has 0 aliphatic heterocycles. The summed E-state index contributed by atoms with van der Waals surface area (Å²) in [6, 6.07) is 15.7. The molecule has 162 valence electrons. The van der Waals surface area contributed by atoms with E-state index in [4.69, 9.17) is 0 Å². The molecule has 0 spiro atoms. The van der Waals surface area contributed by atoms with Gasteiger partial charge in [-0.3, -0.25) is 9.59 Å². The molecule has 2 aromatic carbocycles. The molecule has 0 fully saturated rings. The zero-order valence-electron chi connectivity index (χ0n) is 18.2. The van der Waals surface area contributed by atoms with Crippen LogP contribution in [0.3, 0.4) is 0 Å². The van der Waals surface area contributed by atoms with E-state index in [0.29, 0.717) is 24.8 Å². The molecular weight excluding hydrogens is 460 g/mol. The molecule has 2 aromatic rings. The van der Waals surface area contributed by atoms with Gasteiger partial charge in [0.1, 0.15) is 6.04 Å². The summed E-state index contributed by atoms with van der Waals surface area (Å²) in [7, 11) is 0. The van der Waals surface area contributed by atoms with Crippen LogP contribution in [0.5, 0.6) is 0 Å². The Kier molecular flexibility index (Phi) is 9.92. The first kappa shape index (κ1) is 24.5. The number of hydrogen-bond acceptors (Lipinski definition) is 3. The maximum atomic E-state index is 13.1. The average molecular weight is 491 g/mol. The Morgan fingerprint density at radius 2 is 1.60 bits per heavy atom. The quantitative estimate of drug-likeness (QED) is 0.498. The predicted molar refractivity (Wildman–Crippen MR) is 129 cm³/mol. The first-order chi connectivity index (χ1) is 14.3. The molecule has 0 aliphatic carbocycles. The molecule has 0 radical (unpaired) electrons. The van der Waals surface area contributed by atoms with Crippen LogP contribution in [0.2, 0.25) is 0 Å². The van der Waals surface area contributed by atoms with Crippen LogP contribution in [0, 0.1) is 12.8 Å². The number of amides is 2. The number of hydrogen-bond donors (Lipinski definition) is 1. The summed E-state index contributed by atoms with van der Waals surface area (Å²) in [6.45, 7) is 8.98. The van der Waals surface area contributed by atoms with Gasteiger partial charge in [-0.25, -0.2) is 0 Å². The number of benzene rings is 2. The van der Waals surface area contributed by atoms with Gasteiger partial charge in [0.2, 0.25) is 11.8 Å². The lowest BCUT2D eigenvalue weighted by atomic mass is 10.1. The highest BCUT2D eigenvalue weighted by Gasteiger charge is 2.26. The zero-order chi connectivity index (χ0) is 22.1. The highest BCUT2D eigenvalue weighted by Crippen LogP contribution is 2.18. The van der Waals surface area contributed by atoms with Gasteiger partial charge in [-0.2, -0.15) is 0 Å². The summed E-state index contributed by atoms with van der Waals surface area (Å²) in [5.41, 5.74) is 3.36. The Morgan fingerprint density at radius 1 is 1.00 bits per heavy atom. The number of aryl methyl sites for hydroxylation is 1. The van der Waals surface area contributed by atoms with Gasteiger partial charge in [0, 0.05) is 23.3 Å². The molecule has 0 heterocycles. The minimum Gasteiger partial charge on any atom is -0.354 e. The molecule has 2 amide bonds. The third-order valence-electron chi connectivity index (χ3n) is 4.73. The van der Waals surface area contributed by atoms with Gasteiger partial charge in [0.15, 0.2) is 0 Å². The van der Waals surface area contributed by atoms with E-state index in [2.05, 4.69) is 35.1 Å². The van der Waals surface area contributed by atoms with Gasteiger partial charge in [-0.1, -0.05) is 71.7 Å². The molecule has 1 unspecified atom stereocenters. The number of rotatable bonds is 10. The molecule has 0 saturated carbocycles. The summed E-state index contributed by atoms with van der Waals surface area (Å²) >= 11 is 5.01. The van der Waals surface area contributed by atoms with E-state index < -0.39 is 6.04 Å². The van der Waals surface area contributed by atoms with Crippen LogP contribution in [-0.4, -0.2) is 35.1 Å². The zero-order valence-corrected chi connectivity index (χ0v) is 20.6. The van der Waals surface area contributed by atoms with Gasteiger partial charge in [0.25, 0.3) is 0 Å². The van der Waals surface area contributed by atoms with E-state index in [-0.39, 0.29) is 11.8 Å². The van der Waals surface area contributed by atoms with Crippen molar-refractivity contribution in [2.45, 2.75) is 46.0 Å². The summed E-state index contributed by atoms with van der Waals surface area (Å²) in [6.07, 6.45) is 0. The fourth-order valence-corrected chi connectivity index (χ4v) is 3.98. The third-order valence-corrected chi connectivity index (χ3v) is 6.25. The number of carbonyl (C=O) groups excluding carboxylic acids is 2. The van der Waals surface area contributed by atoms with Crippen molar-refractivity contribution in [3.05, 3.63) is 69.7 Å². The summed E-state index contributed by atoms with van der Waals surface area (Å²) in [5.74, 6) is 1.32. The fourth-order valence-electron chi connectivity index (χ4n) is 2.84. The number of nitrogens with one attached hydrogen (secondary N) is 1. The lowest BCUT2D eigenvalue weighted by Gasteiger charge is -2.29. The maximum absolute atomic E-state index is 13.1. The van der Waals surface area contributed by atoms with E-state index in [0.717, 1.165) is 15.8 Å². The summed E-state index contributed by atoms with van der Waals surface area (Å²) in [5, 5.41) is 2.96. The normalized spacial score (nSPS) is 11.9. The van der Waals surface area contributed by atoms with Crippen molar-refractivity contribution in [2.75, 3.05) is 12.3 Å². The largest absolute Gasteiger partial charge is 0.354 e. The molecule has 2 rings (SSSR count). The lowest BCUT2D eigenvalue weighted by Crippen LogP contribution is -2.48. The van der Waals surface area contributed by atoms with Crippen LogP contribution in [0.1, 0.15) is 37.5 Å². The average Bonchev–Trinajstić information content (AvgIpc) is 2.72. The molecule has 0 bridgehead atoms. The summed E-state index contributed by atoms with van der Waals surface area (Å²) < 4.78 is 1.04. The van der Waals surface area contributed by atoms with Crippen molar-refractivity contribution >= 4 is 39.5 Å². The van der Waals surface area contributed by atoms with Crippen LogP contribution in [0.15, 0.2) is 53.0 Å². The Balaban J connectivity index is 2.04. The van der Waals surface area contributed by atoms with Crippen LogP contribution >= 0.6 is 27.7 Å². The monoisotopic (exact) mass is 490 g/mol. The summed E-state index contributed by atoms with van der Waals surface area (Å²) in [4.78, 5) is 27.4. The molecule has 6 heteroatoms. The second kappa shape index (κ2) is 12.2. The molecule has 0 aliphatic rings. The number of nitrogens with zero attached hydrogens (tertiary/aromatic N) is 1. The van der Waals surface area contributed by atoms with Gasteiger partial charge < -0.3 is 10.2 Å².